The average molecular weight is 447 g/mol. The monoisotopic (exact) mass is 446 g/mol. The van der Waals surface area contributed by atoms with Crippen LogP contribution in [0.15, 0.2) is 48.5 Å². The number of hydrogen-bond donors (Lipinski definition) is 1. The summed E-state index contributed by atoms with van der Waals surface area (Å²) in [6.45, 7) is 0.495. The molecule has 1 aromatic heterocycles. The highest BCUT2D eigenvalue weighted by molar-refractivity contribution is 6.36. The molecule has 1 aliphatic carbocycles. The Morgan fingerprint density at radius 2 is 1.74 bits per heavy atom. The minimum atomic E-state index is -4.64. The lowest BCUT2D eigenvalue weighted by atomic mass is 9.89. The molecule has 162 valence electrons. The summed E-state index contributed by atoms with van der Waals surface area (Å²) in [5, 5.41) is 3.05. The molecule has 1 N–H and O–H groups in total. The highest BCUT2D eigenvalue weighted by Crippen LogP contribution is 2.39. The topological polar surface area (TPSA) is 42.0 Å². The van der Waals surface area contributed by atoms with Gasteiger partial charge < -0.3 is 5.32 Å². The number of carbonyl (C=O) groups is 1. The van der Waals surface area contributed by atoms with Crippen LogP contribution in [0.1, 0.15) is 48.2 Å². The van der Waals surface area contributed by atoms with E-state index in [1.54, 1.807) is 36.4 Å². The first kappa shape index (κ1) is 21.6. The van der Waals surface area contributed by atoms with Crippen LogP contribution >= 0.6 is 11.6 Å². The van der Waals surface area contributed by atoms with Gasteiger partial charge in [-0.15, -0.1) is 0 Å². The van der Waals surface area contributed by atoms with E-state index in [2.05, 4.69) is 10.3 Å². The smallest absolute Gasteiger partial charge is 0.350 e. The molecule has 2 aromatic carbocycles. The molecule has 0 unspecified atom stereocenters. The van der Waals surface area contributed by atoms with Crippen LogP contribution in [0, 0.1) is 5.92 Å². The number of rotatable bonds is 4. The van der Waals surface area contributed by atoms with Crippen LogP contribution < -0.4 is 5.32 Å². The SMILES string of the molecule is O=C(NCC1CCCCC1)c1cc(Cl)c2cc(-c3ccccc3)cc(C(F)(F)F)c2n1. The highest BCUT2D eigenvalue weighted by Gasteiger charge is 2.34. The maximum Gasteiger partial charge on any atom is 0.418 e. The average Bonchev–Trinajstić information content (AvgIpc) is 2.77. The van der Waals surface area contributed by atoms with Gasteiger partial charge in [0.25, 0.3) is 5.91 Å². The molecule has 0 spiro atoms. The fraction of sp³-hybridized carbons (Fsp3) is 0.333. The standard InChI is InChI=1S/C24H22ClF3N2O/c25-20-13-21(23(31)29-14-15-7-3-1-4-8-15)30-22-18(20)11-17(12-19(22)24(26,27)28)16-9-5-2-6-10-16/h2,5-6,9-13,15H,1,3-4,7-8,14H2,(H,29,31). The van der Waals surface area contributed by atoms with Gasteiger partial charge in [0.2, 0.25) is 0 Å². The van der Waals surface area contributed by atoms with Crippen LogP contribution in [0.3, 0.4) is 0 Å². The van der Waals surface area contributed by atoms with Crippen molar-refractivity contribution in [2.45, 2.75) is 38.3 Å². The van der Waals surface area contributed by atoms with Gasteiger partial charge in [-0.2, -0.15) is 13.2 Å². The molecule has 31 heavy (non-hydrogen) atoms. The van der Waals surface area contributed by atoms with E-state index >= 15 is 0 Å². The van der Waals surface area contributed by atoms with Crippen molar-refractivity contribution in [1.29, 1.82) is 0 Å². The number of nitrogens with one attached hydrogen (secondary N) is 1. The van der Waals surface area contributed by atoms with Crippen molar-refractivity contribution >= 4 is 28.4 Å². The molecule has 0 aliphatic heterocycles. The summed E-state index contributed by atoms with van der Waals surface area (Å²) in [4.78, 5) is 16.7. The molecule has 1 amide bonds. The van der Waals surface area contributed by atoms with Gasteiger partial charge in [0.15, 0.2) is 0 Å². The molecule has 0 bridgehead atoms. The maximum absolute atomic E-state index is 13.9. The molecule has 1 fully saturated rings. The summed E-state index contributed by atoms with van der Waals surface area (Å²) < 4.78 is 41.7. The van der Waals surface area contributed by atoms with Crippen molar-refractivity contribution < 1.29 is 18.0 Å². The number of benzene rings is 2. The van der Waals surface area contributed by atoms with E-state index in [1.807, 2.05) is 0 Å². The first-order valence-electron chi connectivity index (χ1n) is 10.4. The van der Waals surface area contributed by atoms with Crippen LogP contribution in [-0.4, -0.2) is 17.4 Å². The number of halogens is 4. The Bertz CT molecular complexity index is 1090. The zero-order valence-corrected chi connectivity index (χ0v) is 17.6. The lowest BCUT2D eigenvalue weighted by Crippen LogP contribution is -2.30. The molecule has 1 saturated carbocycles. The summed E-state index contributed by atoms with van der Waals surface area (Å²) in [5.74, 6) is -0.109. The Hall–Kier alpha value is -2.60. The largest absolute Gasteiger partial charge is 0.418 e. The second kappa shape index (κ2) is 8.87. The van der Waals surface area contributed by atoms with Gasteiger partial charge in [-0.05, 0) is 48.1 Å². The Kier molecular flexibility index (Phi) is 6.19. The normalized spacial score (nSPS) is 15.2. The third kappa shape index (κ3) is 4.85. The van der Waals surface area contributed by atoms with Crippen LogP contribution in [0.25, 0.3) is 22.0 Å². The quantitative estimate of drug-likeness (QED) is 0.474. The number of aromatic nitrogens is 1. The number of amides is 1. The second-order valence-corrected chi connectivity index (χ2v) is 8.39. The van der Waals surface area contributed by atoms with E-state index in [-0.39, 0.29) is 21.6 Å². The van der Waals surface area contributed by atoms with Gasteiger partial charge in [-0.25, -0.2) is 4.98 Å². The highest BCUT2D eigenvalue weighted by atomic mass is 35.5. The molecule has 0 radical (unpaired) electrons. The molecule has 0 saturated heterocycles. The van der Waals surface area contributed by atoms with Gasteiger partial charge in [-0.3, -0.25) is 4.79 Å². The number of hydrogen-bond acceptors (Lipinski definition) is 2. The zero-order valence-electron chi connectivity index (χ0n) is 16.8. The van der Waals surface area contributed by atoms with Gasteiger partial charge in [0.1, 0.15) is 5.69 Å². The lowest BCUT2D eigenvalue weighted by Gasteiger charge is -2.21. The molecule has 7 heteroatoms. The number of alkyl halides is 3. The molecule has 4 rings (SSSR count). The number of nitrogens with zero attached hydrogens (tertiary/aromatic N) is 1. The van der Waals surface area contributed by atoms with Crippen LogP contribution in [0.5, 0.6) is 0 Å². The lowest BCUT2D eigenvalue weighted by molar-refractivity contribution is -0.136. The van der Waals surface area contributed by atoms with E-state index in [9.17, 15) is 18.0 Å². The van der Waals surface area contributed by atoms with Crippen LogP contribution in [0.4, 0.5) is 13.2 Å². The van der Waals surface area contributed by atoms with E-state index in [0.29, 0.717) is 23.6 Å². The van der Waals surface area contributed by atoms with Crippen LogP contribution in [0.2, 0.25) is 5.02 Å². The van der Waals surface area contributed by atoms with Crippen molar-refractivity contribution in [2.24, 2.45) is 5.92 Å². The van der Waals surface area contributed by atoms with Crippen molar-refractivity contribution in [3.05, 3.63) is 64.8 Å². The Labute approximate surface area is 183 Å². The minimum absolute atomic E-state index is 0.0658. The Balaban J connectivity index is 1.72. The van der Waals surface area contributed by atoms with Crippen molar-refractivity contribution in [2.75, 3.05) is 6.54 Å². The van der Waals surface area contributed by atoms with Crippen molar-refractivity contribution in [3.8, 4) is 11.1 Å². The van der Waals surface area contributed by atoms with Crippen molar-refractivity contribution in [3.63, 3.8) is 0 Å². The maximum atomic E-state index is 13.9. The van der Waals surface area contributed by atoms with Gasteiger partial charge in [0.05, 0.1) is 16.1 Å². The number of fused-ring (bicyclic) bond motifs is 1. The summed E-state index contributed by atoms with van der Waals surface area (Å²) in [5.41, 5.74) is -0.305. The Morgan fingerprint density at radius 3 is 2.42 bits per heavy atom. The first-order chi connectivity index (χ1) is 14.8. The fourth-order valence-electron chi connectivity index (χ4n) is 4.14. The molecule has 3 aromatic rings. The minimum Gasteiger partial charge on any atom is -0.350 e. The summed E-state index contributed by atoms with van der Waals surface area (Å²) in [6.07, 6.45) is 0.936. The summed E-state index contributed by atoms with van der Waals surface area (Å²) >= 11 is 6.35. The number of pyridine rings is 1. The Morgan fingerprint density at radius 1 is 1.03 bits per heavy atom. The van der Waals surface area contributed by atoms with E-state index in [1.165, 1.54) is 12.5 Å². The van der Waals surface area contributed by atoms with Crippen LogP contribution in [-0.2, 0) is 6.18 Å². The third-order valence-electron chi connectivity index (χ3n) is 5.78. The molecule has 0 atom stereocenters. The van der Waals surface area contributed by atoms with E-state index < -0.39 is 17.6 Å². The molecular weight excluding hydrogens is 425 g/mol. The third-order valence-corrected chi connectivity index (χ3v) is 6.10. The van der Waals surface area contributed by atoms with E-state index in [4.69, 9.17) is 11.6 Å². The van der Waals surface area contributed by atoms with Gasteiger partial charge in [-0.1, -0.05) is 61.2 Å². The first-order valence-corrected chi connectivity index (χ1v) is 10.8. The zero-order chi connectivity index (χ0) is 22.0. The van der Waals surface area contributed by atoms with Gasteiger partial charge >= 0.3 is 6.18 Å². The fourth-order valence-corrected chi connectivity index (χ4v) is 4.38. The van der Waals surface area contributed by atoms with Crippen molar-refractivity contribution in [1.82, 2.24) is 10.3 Å². The number of carbonyl (C=O) groups excluding carboxylic acids is 1. The molecule has 1 heterocycles. The molecule has 3 nitrogen and oxygen atoms in total. The predicted molar refractivity (Wildman–Crippen MR) is 116 cm³/mol. The second-order valence-electron chi connectivity index (χ2n) is 7.99. The summed E-state index contributed by atoms with van der Waals surface area (Å²) in [7, 11) is 0. The predicted octanol–water partition coefficient (Wildman–Crippen LogP) is 6.88. The summed E-state index contributed by atoms with van der Waals surface area (Å²) in [6, 6.07) is 12.8. The molecular formula is C24H22ClF3N2O. The van der Waals surface area contributed by atoms with E-state index in [0.717, 1.165) is 31.7 Å². The molecule has 1 aliphatic rings. The van der Waals surface area contributed by atoms with Gasteiger partial charge in [0, 0.05) is 11.9 Å².